The molecule has 0 unspecified atom stereocenters. The highest BCUT2D eigenvalue weighted by atomic mass is 16.2. The van der Waals surface area contributed by atoms with E-state index in [-0.39, 0.29) is 11.9 Å². The van der Waals surface area contributed by atoms with Crippen LogP contribution in [-0.4, -0.2) is 43.0 Å². The van der Waals surface area contributed by atoms with E-state index in [4.69, 9.17) is 0 Å². The largest absolute Gasteiger partial charge is 0.328 e. The van der Waals surface area contributed by atoms with E-state index in [0.717, 1.165) is 24.0 Å². The smallest absolute Gasteiger partial charge is 0.254 e. The Labute approximate surface area is 145 Å². The molecule has 0 saturated heterocycles. The van der Waals surface area contributed by atoms with Crippen molar-refractivity contribution in [1.82, 2.24) is 24.5 Å². The van der Waals surface area contributed by atoms with E-state index in [0.29, 0.717) is 17.9 Å². The predicted octanol–water partition coefficient (Wildman–Crippen LogP) is 2.97. The third-order valence-electron chi connectivity index (χ3n) is 4.52. The molecule has 0 bridgehead atoms. The maximum atomic E-state index is 12.8. The second kappa shape index (κ2) is 6.47. The van der Waals surface area contributed by atoms with E-state index >= 15 is 0 Å². The lowest BCUT2D eigenvalue weighted by molar-refractivity contribution is 0.0744. The monoisotopic (exact) mass is 333 g/mol. The van der Waals surface area contributed by atoms with Gasteiger partial charge in [-0.2, -0.15) is 0 Å². The molecule has 4 rings (SSSR count). The van der Waals surface area contributed by atoms with Gasteiger partial charge < -0.3 is 4.90 Å². The number of benzene rings is 1. The molecule has 1 amide bonds. The lowest BCUT2D eigenvalue weighted by Crippen LogP contribution is -2.35. The van der Waals surface area contributed by atoms with E-state index < -0.39 is 0 Å². The van der Waals surface area contributed by atoms with Crippen molar-refractivity contribution in [3.05, 3.63) is 60.7 Å². The molecule has 0 saturated carbocycles. The van der Waals surface area contributed by atoms with Gasteiger partial charge in [0.15, 0.2) is 0 Å². The van der Waals surface area contributed by atoms with Gasteiger partial charge >= 0.3 is 0 Å². The van der Waals surface area contributed by atoms with Gasteiger partial charge in [0.1, 0.15) is 6.33 Å². The van der Waals surface area contributed by atoms with Gasteiger partial charge in [0.25, 0.3) is 11.7 Å². The minimum absolute atomic E-state index is 0.0855. The topological polar surface area (TPSA) is 63.4 Å². The number of rotatable bonds is 4. The van der Waals surface area contributed by atoms with Gasteiger partial charge in [0.2, 0.25) is 0 Å². The van der Waals surface area contributed by atoms with Crippen molar-refractivity contribution in [2.45, 2.75) is 25.8 Å². The molecule has 0 radical (unpaired) electrons. The Morgan fingerprint density at radius 1 is 1.24 bits per heavy atom. The molecule has 0 fully saturated rings. The van der Waals surface area contributed by atoms with Gasteiger partial charge in [-0.15, -0.1) is 10.2 Å². The maximum absolute atomic E-state index is 12.8. The van der Waals surface area contributed by atoms with Crippen LogP contribution in [0.5, 0.6) is 0 Å². The SMILES string of the molecule is CCC[C@@H]1C=CCN1C(=O)c1ccc(-c2cnc3nncn3c2)cc1. The fourth-order valence-corrected chi connectivity index (χ4v) is 3.20. The molecule has 126 valence electrons. The van der Waals surface area contributed by atoms with Crippen molar-refractivity contribution in [2.24, 2.45) is 0 Å². The molecule has 1 atom stereocenters. The van der Waals surface area contributed by atoms with Crippen LogP contribution >= 0.6 is 0 Å². The van der Waals surface area contributed by atoms with E-state index in [1.54, 1.807) is 16.9 Å². The van der Waals surface area contributed by atoms with Crippen LogP contribution in [0, 0.1) is 0 Å². The zero-order valence-corrected chi connectivity index (χ0v) is 14.0. The first-order chi connectivity index (χ1) is 12.3. The van der Waals surface area contributed by atoms with Crippen molar-refractivity contribution in [3.63, 3.8) is 0 Å². The van der Waals surface area contributed by atoms with Crippen LogP contribution in [0.1, 0.15) is 30.1 Å². The Balaban J connectivity index is 1.56. The van der Waals surface area contributed by atoms with Crippen molar-refractivity contribution >= 4 is 11.7 Å². The highest BCUT2D eigenvalue weighted by Gasteiger charge is 2.24. The molecular formula is C19H19N5O. The Hall–Kier alpha value is -3.02. The van der Waals surface area contributed by atoms with E-state index in [1.165, 1.54) is 0 Å². The molecule has 2 aromatic heterocycles. The molecular weight excluding hydrogens is 314 g/mol. The highest BCUT2D eigenvalue weighted by molar-refractivity contribution is 5.95. The van der Waals surface area contributed by atoms with Gasteiger partial charge in [-0.05, 0) is 24.1 Å². The Morgan fingerprint density at radius 3 is 2.88 bits per heavy atom. The molecule has 3 aromatic rings. The number of carbonyl (C=O) groups is 1. The highest BCUT2D eigenvalue weighted by Crippen LogP contribution is 2.22. The Morgan fingerprint density at radius 2 is 2.08 bits per heavy atom. The summed E-state index contributed by atoms with van der Waals surface area (Å²) in [6.45, 7) is 2.84. The number of fused-ring (bicyclic) bond motifs is 1. The summed E-state index contributed by atoms with van der Waals surface area (Å²) in [5.74, 6) is 0.654. The third-order valence-corrected chi connectivity index (χ3v) is 4.52. The zero-order valence-electron chi connectivity index (χ0n) is 14.0. The average Bonchev–Trinajstić information content (AvgIpc) is 3.30. The summed E-state index contributed by atoms with van der Waals surface area (Å²) in [5, 5.41) is 7.74. The summed E-state index contributed by atoms with van der Waals surface area (Å²) in [6, 6.07) is 7.90. The minimum atomic E-state index is 0.0855. The summed E-state index contributed by atoms with van der Waals surface area (Å²) >= 11 is 0. The molecule has 1 aliphatic heterocycles. The first kappa shape index (κ1) is 15.5. The predicted molar refractivity (Wildman–Crippen MR) is 95.1 cm³/mol. The van der Waals surface area contributed by atoms with Gasteiger partial charge in [0, 0.05) is 30.1 Å². The molecule has 0 spiro atoms. The van der Waals surface area contributed by atoms with Crippen LogP contribution in [0.4, 0.5) is 0 Å². The normalized spacial score (nSPS) is 16.7. The number of aromatic nitrogens is 4. The van der Waals surface area contributed by atoms with Gasteiger partial charge in [-0.25, -0.2) is 4.98 Å². The fraction of sp³-hybridized carbons (Fsp3) is 0.263. The van der Waals surface area contributed by atoms with E-state index in [2.05, 4.69) is 34.3 Å². The van der Waals surface area contributed by atoms with Gasteiger partial charge in [-0.3, -0.25) is 9.20 Å². The van der Waals surface area contributed by atoms with Crippen LogP contribution in [0.3, 0.4) is 0 Å². The second-order valence-electron chi connectivity index (χ2n) is 6.20. The maximum Gasteiger partial charge on any atom is 0.254 e. The molecule has 3 heterocycles. The minimum Gasteiger partial charge on any atom is -0.328 e. The van der Waals surface area contributed by atoms with Gasteiger partial charge in [-0.1, -0.05) is 37.6 Å². The standard InChI is InChI=1S/C19H19N5O/c1-2-4-17-5-3-10-24(17)18(25)15-8-6-14(7-9-15)16-11-20-19-22-21-13-23(19)12-16/h3,5-9,11-13,17H,2,4,10H2,1H3/t17-/m1/s1. The molecule has 0 N–H and O–H groups in total. The van der Waals surface area contributed by atoms with Crippen LogP contribution in [0.25, 0.3) is 16.9 Å². The first-order valence-corrected chi connectivity index (χ1v) is 8.49. The molecule has 0 aliphatic carbocycles. The summed E-state index contributed by atoms with van der Waals surface area (Å²) in [4.78, 5) is 19.0. The van der Waals surface area contributed by atoms with Crippen LogP contribution in [-0.2, 0) is 0 Å². The quantitative estimate of drug-likeness (QED) is 0.689. The lowest BCUT2D eigenvalue weighted by Gasteiger charge is -2.24. The molecule has 1 aliphatic rings. The van der Waals surface area contributed by atoms with Crippen LogP contribution in [0.15, 0.2) is 55.1 Å². The third kappa shape index (κ3) is 2.91. The molecule has 6 nitrogen and oxygen atoms in total. The average molecular weight is 333 g/mol. The van der Waals surface area contributed by atoms with Crippen molar-refractivity contribution in [1.29, 1.82) is 0 Å². The zero-order chi connectivity index (χ0) is 17.2. The van der Waals surface area contributed by atoms with Crippen LogP contribution < -0.4 is 0 Å². The second-order valence-corrected chi connectivity index (χ2v) is 6.20. The first-order valence-electron chi connectivity index (χ1n) is 8.49. The van der Waals surface area contributed by atoms with Crippen molar-refractivity contribution in [3.8, 4) is 11.1 Å². The fourth-order valence-electron chi connectivity index (χ4n) is 3.20. The number of carbonyl (C=O) groups excluding carboxylic acids is 1. The molecule has 25 heavy (non-hydrogen) atoms. The summed E-state index contributed by atoms with van der Waals surface area (Å²) < 4.78 is 1.78. The number of hydrogen-bond donors (Lipinski definition) is 0. The van der Waals surface area contributed by atoms with Crippen molar-refractivity contribution in [2.75, 3.05) is 6.54 Å². The van der Waals surface area contributed by atoms with E-state index in [9.17, 15) is 4.79 Å². The van der Waals surface area contributed by atoms with Gasteiger partial charge in [0.05, 0.1) is 6.04 Å². The number of hydrogen-bond acceptors (Lipinski definition) is 4. The molecule has 1 aromatic carbocycles. The molecule has 6 heteroatoms. The lowest BCUT2D eigenvalue weighted by atomic mass is 10.1. The van der Waals surface area contributed by atoms with Crippen molar-refractivity contribution < 1.29 is 4.79 Å². The summed E-state index contributed by atoms with van der Waals surface area (Å²) in [6.07, 6.45) is 11.6. The summed E-state index contributed by atoms with van der Waals surface area (Å²) in [5.41, 5.74) is 2.68. The number of nitrogens with zero attached hydrogens (tertiary/aromatic N) is 5. The Kier molecular flexibility index (Phi) is 4.01. The van der Waals surface area contributed by atoms with Crippen LogP contribution in [0.2, 0.25) is 0 Å². The van der Waals surface area contributed by atoms with E-state index in [1.807, 2.05) is 35.4 Å². The number of amides is 1. The summed E-state index contributed by atoms with van der Waals surface area (Å²) in [7, 11) is 0. The Bertz CT molecular complexity index is 928.